The molecule has 0 unspecified atom stereocenters. The zero-order chi connectivity index (χ0) is 17.9. The van der Waals surface area contributed by atoms with E-state index >= 15 is 0 Å². The fourth-order valence-corrected chi connectivity index (χ4v) is 2.05. The van der Waals surface area contributed by atoms with E-state index in [1.165, 1.54) is 23.0 Å². The summed E-state index contributed by atoms with van der Waals surface area (Å²) in [4.78, 5) is 11.9. The van der Waals surface area contributed by atoms with Crippen LogP contribution in [0.25, 0.3) is 5.69 Å². The van der Waals surface area contributed by atoms with Gasteiger partial charge in [0.15, 0.2) is 0 Å². The first-order chi connectivity index (χ1) is 11.9. The van der Waals surface area contributed by atoms with Crippen molar-refractivity contribution in [1.82, 2.24) is 5.27 Å². The molecular weight excluding hydrogens is 337 g/mol. The summed E-state index contributed by atoms with van der Waals surface area (Å²) in [5.41, 5.74) is -0.132. The molecule has 0 radical (unpaired) electrons. The summed E-state index contributed by atoms with van der Waals surface area (Å²) in [6.07, 6.45) is -3.05. The molecule has 0 bridgehead atoms. The molecule has 0 fully saturated rings. The highest BCUT2D eigenvalue weighted by Crippen LogP contribution is 2.30. The van der Waals surface area contributed by atoms with Gasteiger partial charge in [0.2, 0.25) is 11.0 Å². The Morgan fingerprint density at radius 2 is 1.80 bits per heavy atom. The zero-order valence-corrected chi connectivity index (χ0v) is 12.6. The Labute approximate surface area is 139 Å². The molecular formula is C16H12F3N4O2+. The Hall–Kier alpha value is -3.36. The predicted octanol–water partition coefficient (Wildman–Crippen LogP) is 3.61. The van der Waals surface area contributed by atoms with Crippen molar-refractivity contribution in [2.75, 3.05) is 10.6 Å². The van der Waals surface area contributed by atoms with Gasteiger partial charge < -0.3 is 5.32 Å². The highest BCUT2D eigenvalue weighted by atomic mass is 19.4. The van der Waals surface area contributed by atoms with Crippen LogP contribution in [0.4, 0.5) is 29.5 Å². The van der Waals surface area contributed by atoms with Crippen LogP contribution in [0.2, 0.25) is 0 Å². The number of nitrogens with one attached hydrogen (secondary N) is 2. The van der Waals surface area contributed by atoms with Gasteiger partial charge in [-0.15, -0.1) is 0 Å². The highest BCUT2D eigenvalue weighted by molar-refractivity contribution is 5.98. The lowest BCUT2D eigenvalue weighted by Crippen LogP contribution is -2.31. The molecule has 0 aliphatic carbocycles. The molecule has 2 amide bonds. The normalized spacial score (nSPS) is 11.2. The van der Waals surface area contributed by atoms with Crippen LogP contribution >= 0.6 is 0 Å². The summed E-state index contributed by atoms with van der Waals surface area (Å²) in [5, 5.41) is 8.41. The van der Waals surface area contributed by atoms with E-state index in [2.05, 4.69) is 15.9 Å². The number of carbonyl (C=O) groups excluding carboxylic acids is 1. The predicted molar refractivity (Wildman–Crippen MR) is 82.1 cm³/mol. The average Bonchev–Trinajstić information content (AvgIpc) is 3.03. The zero-order valence-electron chi connectivity index (χ0n) is 12.6. The van der Waals surface area contributed by atoms with E-state index in [0.29, 0.717) is 0 Å². The maximum absolute atomic E-state index is 12.7. The number of rotatable bonds is 3. The minimum absolute atomic E-state index is 0.00257. The standard InChI is InChI=1S/C16H11F3N4O2/c17-16(18,19)11-5-4-6-12(9-11)20-15(24)21-14-10-23(22-25-14)13-7-2-1-3-8-13/h1-10H,(H-,20,21,22,24)/p+1. The second kappa shape index (κ2) is 6.63. The number of amides is 2. The van der Waals surface area contributed by atoms with E-state index in [0.717, 1.165) is 17.8 Å². The fraction of sp³-hybridized carbons (Fsp3) is 0.0625. The lowest BCUT2D eigenvalue weighted by molar-refractivity contribution is -0.670. The van der Waals surface area contributed by atoms with E-state index in [-0.39, 0.29) is 11.6 Å². The van der Waals surface area contributed by atoms with Gasteiger partial charge in [0.1, 0.15) is 0 Å². The van der Waals surface area contributed by atoms with Gasteiger partial charge in [-0.2, -0.15) is 13.2 Å². The van der Waals surface area contributed by atoms with Crippen LogP contribution in [0, 0.1) is 0 Å². The number of benzene rings is 2. The maximum Gasteiger partial charge on any atom is 0.416 e. The van der Waals surface area contributed by atoms with E-state index in [9.17, 15) is 18.0 Å². The number of anilines is 2. The van der Waals surface area contributed by atoms with E-state index in [1.807, 2.05) is 18.2 Å². The van der Waals surface area contributed by atoms with Crippen LogP contribution in [-0.4, -0.2) is 11.3 Å². The molecule has 0 saturated carbocycles. The SMILES string of the molecule is O=C(Nc1cccc(C(F)(F)F)c1)Nc1c[n+](-c2ccccc2)no1. The Kier molecular flexibility index (Phi) is 4.38. The number of hydrogen-bond acceptors (Lipinski definition) is 3. The number of urea groups is 1. The van der Waals surface area contributed by atoms with Gasteiger partial charge in [-0.05, 0) is 22.9 Å². The van der Waals surface area contributed by atoms with Crippen molar-refractivity contribution >= 4 is 17.6 Å². The molecule has 3 aromatic rings. The summed E-state index contributed by atoms with van der Waals surface area (Å²) in [6, 6.07) is 12.6. The molecule has 1 aromatic heterocycles. The van der Waals surface area contributed by atoms with Crippen molar-refractivity contribution in [3.8, 4) is 5.69 Å². The Morgan fingerprint density at radius 1 is 1.04 bits per heavy atom. The van der Waals surface area contributed by atoms with Crippen molar-refractivity contribution in [3.63, 3.8) is 0 Å². The number of para-hydroxylation sites is 1. The molecule has 6 nitrogen and oxygen atoms in total. The molecule has 25 heavy (non-hydrogen) atoms. The largest absolute Gasteiger partial charge is 0.416 e. The second-order valence-electron chi connectivity index (χ2n) is 5.00. The summed E-state index contributed by atoms with van der Waals surface area (Å²) < 4.78 is 44.4. The topological polar surface area (TPSA) is 71.0 Å². The van der Waals surface area contributed by atoms with Crippen molar-refractivity contribution in [2.45, 2.75) is 6.18 Å². The van der Waals surface area contributed by atoms with Gasteiger partial charge in [-0.25, -0.2) is 4.79 Å². The molecule has 0 saturated heterocycles. The third kappa shape index (κ3) is 4.14. The highest BCUT2D eigenvalue weighted by Gasteiger charge is 2.30. The van der Waals surface area contributed by atoms with Gasteiger partial charge in [0, 0.05) is 17.8 Å². The number of hydrogen-bond donors (Lipinski definition) is 2. The van der Waals surface area contributed by atoms with Gasteiger partial charge in [0.25, 0.3) is 6.20 Å². The molecule has 3 rings (SSSR count). The molecule has 2 aromatic carbocycles. The Balaban J connectivity index is 1.67. The average molecular weight is 349 g/mol. The van der Waals surface area contributed by atoms with Gasteiger partial charge in [-0.1, -0.05) is 24.3 Å². The lowest BCUT2D eigenvalue weighted by Gasteiger charge is -2.09. The minimum Gasteiger partial charge on any atom is -0.308 e. The van der Waals surface area contributed by atoms with E-state index in [1.54, 1.807) is 12.1 Å². The lowest BCUT2D eigenvalue weighted by atomic mass is 10.2. The van der Waals surface area contributed by atoms with Gasteiger partial charge in [0.05, 0.1) is 5.56 Å². The summed E-state index contributed by atoms with van der Waals surface area (Å²) >= 11 is 0. The van der Waals surface area contributed by atoms with Crippen molar-refractivity contribution < 1.29 is 27.2 Å². The van der Waals surface area contributed by atoms with E-state index < -0.39 is 17.8 Å². The van der Waals surface area contributed by atoms with Crippen LogP contribution in [0.3, 0.4) is 0 Å². The van der Waals surface area contributed by atoms with Crippen molar-refractivity contribution in [3.05, 3.63) is 66.4 Å². The molecule has 9 heteroatoms. The van der Waals surface area contributed by atoms with Crippen molar-refractivity contribution in [1.29, 1.82) is 0 Å². The summed E-state index contributed by atoms with van der Waals surface area (Å²) in [5.74, 6) is 0.0355. The third-order valence-electron chi connectivity index (χ3n) is 3.17. The van der Waals surface area contributed by atoms with Crippen LogP contribution in [-0.2, 0) is 6.18 Å². The monoisotopic (exact) mass is 349 g/mol. The molecule has 0 aliphatic heterocycles. The smallest absolute Gasteiger partial charge is 0.308 e. The maximum atomic E-state index is 12.7. The number of carbonyl (C=O) groups is 1. The first-order valence-electron chi connectivity index (χ1n) is 7.11. The minimum atomic E-state index is -4.49. The summed E-state index contributed by atoms with van der Waals surface area (Å²) in [6.45, 7) is 0. The Bertz CT molecular complexity index is 878. The molecule has 2 N–H and O–H groups in total. The number of aromatic nitrogens is 2. The van der Waals surface area contributed by atoms with Crippen LogP contribution in [0.1, 0.15) is 5.56 Å². The first kappa shape index (κ1) is 16.5. The van der Waals surface area contributed by atoms with Gasteiger partial charge in [-0.3, -0.25) is 9.84 Å². The fourth-order valence-electron chi connectivity index (χ4n) is 2.05. The first-order valence-corrected chi connectivity index (χ1v) is 7.11. The number of alkyl halides is 3. The molecule has 0 spiro atoms. The molecule has 0 aliphatic rings. The van der Waals surface area contributed by atoms with E-state index in [4.69, 9.17) is 4.52 Å². The van der Waals surface area contributed by atoms with Crippen LogP contribution in [0.5, 0.6) is 0 Å². The number of nitrogens with zero attached hydrogens (tertiary/aromatic N) is 2. The van der Waals surface area contributed by atoms with Crippen LogP contribution in [0.15, 0.2) is 65.3 Å². The molecule has 0 atom stereocenters. The second-order valence-corrected chi connectivity index (χ2v) is 5.00. The quantitative estimate of drug-likeness (QED) is 0.710. The number of halogens is 3. The van der Waals surface area contributed by atoms with Crippen molar-refractivity contribution in [2.24, 2.45) is 0 Å². The molecule has 1 heterocycles. The van der Waals surface area contributed by atoms with Gasteiger partial charge >= 0.3 is 18.1 Å². The van der Waals surface area contributed by atoms with Crippen LogP contribution < -0.4 is 15.3 Å². The molecule has 128 valence electrons. The summed E-state index contributed by atoms with van der Waals surface area (Å²) in [7, 11) is 0. The third-order valence-corrected chi connectivity index (χ3v) is 3.17. The Morgan fingerprint density at radius 3 is 2.52 bits per heavy atom.